The highest BCUT2D eigenvalue weighted by Crippen LogP contribution is 2.42. The summed E-state index contributed by atoms with van der Waals surface area (Å²) in [6.07, 6.45) is 3.87. The zero-order valence-corrected chi connectivity index (χ0v) is 15.5. The van der Waals surface area contributed by atoms with Crippen LogP contribution in [-0.4, -0.2) is 27.6 Å². The molecule has 0 amide bonds. The van der Waals surface area contributed by atoms with Gasteiger partial charge in [-0.15, -0.1) is 0 Å². The molecule has 0 bridgehead atoms. The van der Waals surface area contributed by atoms with Crippen LogP contribution in [0.1, 0.15) is 48.2 Å². The molecule has 6 heteroatoms. The SMILES string of the molecule is CC(=N)/C(C)=N/Nc1c(O)c(-c2cccc(C(=O)O)c2)cc2c1CCCC2. The van der Waals surface area contributed by atoms with Gasteiger partial charge in [0.1, 0.15) is 11.4 Å². The average molecular weight is 365 g/mol. The number of nitrogens with zero attached hydrogens (tertiary/aromatic N) is 1. The van der Waals surface area contributed by atoms with Crippen molar-refractivity contribution in [1.29, 1.82) is 5.41 Å². The summed E-state index contributed by atoms with van der Waals surface area (Å²) in [7, 11) is 0. The number of phenolic OH excluding ortho intramolecular Hbond substituents is 1. The average Bonchev–Trinajstić information content (AvgIpc) is 2.66. The van der Waals surface area contributed by atoms with Crippen LogP contribution in [0, 0.1) is 5.41 Å². The van der Waals surface area contributed by atoms with Crippen LogP contribution in [-0.2, 0) is 12.8 Å². The summed E-state index contributed by atoms with van der Waals surface area (Å²) in [6.45, 7) is 3.39. The molecule has 0 fully saturated rings. The molecule has 0 saturated carbocycles. The van der Waals surface area contributed by atoms with Gasteiger partial charge in [-0.2, -0.15) is 5.10 Å². The number of hydrogen-bond acceptors (Lipinski definition) is 5. The lowest BCUT2D eigenvalue weighted by Crippen LogP contribution is -2.10. The van der Waals surface area contributed by atoms with Gasteiger partial charge in [0.2, 0.25) is 0 Å². The van der Waals surface area contributed by atoms with Crippen molar-refractivity contribution in [1.82, 2.24) is 0 Å². The molecule has 0 aliphatic heterocycles. The number of carboxylic acids is 1. The molecular formula is C21H23N3O3. The molecule has 0 heterocycles. The van der Waals surface area contributed by atoms with E-state index in [2.05, 4.69) is 10.5 Å². The highest BCUT2D eigenvalue weighted by molar-refractivity contribution is 6.39. The van der Waals surface area contributed by atoms with Gasteiger partial charge >= 0.3 is 5.97 Å². The fourth-order valence-electron chi connectivity index (χ4n) is 3.28. The lowest BCUT2D eigenvalue weighted by atomic mass is 9.86. The van der Waals surface area contributed by atoms with Gasteiger partial charge in [-0.1, -0.05) is 12.1 Å². The number of benzene rings is 2. The Balaban J connectivity index is 2.14. The fraction of sp³-hybridized carbons (Fsp3) is 0.286. The number of fused-ring (bicyclic) bond motifs is 1. The third-order valence-corrected chi connectivity index (χ3v) is 4.92. The molecule has 0 aromatic heterocycles. The Morgan fingerprint density at radius 2 is 1.93 bits per heavy atom. The van der Waals surface area contributed by atoms with Crippen molar-refractivity contribution >= 4 is 23.1 Å². The van der Waals surface area contributed by atoms with Crippen LogP contribution in [0.15, 0.2) is 35.4 Å². The molecule has 0 saturated heterocycles. The van der Waals surface area contributed by atoms with Crippen LogP contribution in [0.25, 0.3) is 11.1 Å². The minimum Gasteiger partial charge on any atom is -0.505 e. The smallest absolute Gasteiger partial charge is 0.335 e. The van der Waals surface area contributed by atoms with Gasteiger partial charge < -0.3 is 15.6 Å². The lowest BCUT2D eigenvalue weighted by molar-refractivity contribution is 0.0697. The first-order valence-electron chi connectivity index (χ1n) is 8.95. The molecule has 0 radical (unpaired) electrons. The van der Waals surface area contributed by atoms with E-state index in [1.54, 1.807) is 32.0 Å². The number of carbonyl (C=O) groups is 1. The monoisotopic (exact) mass is 365 g/mol. The zero-order chi connectivity index (χ0) is 19.6. The number of phenols is 1. The minimum atomic E-state index is -1.01. The second-order valence-electron chi connectivity index (χ2n) is 6.81. The van der Waals surface area contributed by atoms with Gasteiger partial charge in [0.15, 0.2) is 0 Å². The largest absolute Gasteiger partial charge is 0.505 e. The van der Waals surface area contributed by atoms with Gasteiger partial charge in [-0.3, -0.25) is 5.43 Å². The Bertz CT molecular complexity index is 948. The number of hydrogen-bond donors (Lipinski definition) is 4. The van der Waals surface area contributed by atoms with Crippen molar-refractivity contribution in [3.8, 4) is 16.9 Å². The number of aromatic carboxylic acids is 1. The molecule has 2 aromatic rings. The van der Waals surface area contributed by atoms with E-state index in [0.717, 1.165) is 36.8 Å². The molecule has 6 nitrogen and oxygen atoms in total. The second kappa shape index (κ2) is 7.61. The van der Waals surface area contributed by atoms with Crippen molar-refractivity contribution in [2.45, 2.75) is 39.5 Å². The molecule has 1 aliphatic carbocycles. The third kappa shape index (κ3) is 3.84. The van der Waals surface area contributed by atoms with Gasteiger partial charge in [-0.05, 0) is 74.4 Å². The Morgan fingerprint density at radius 1 is 1.19 bits per heavy atom. The molecule has 27 heavy (non-hydrogen) atoms. The van der Waals surface area contributed by atoms with Crippen molar-refractivity contribution in [2.75, 3.05) is 5.43 Å². The van der Waals surface area contributed by atoms with Gasteiger partial charge in [0.05, 0.1) is 17.0 Å². The summed E-state index contributed by atoms with van der Waals surface area (Å²) in [5.41, 5.74) is 7.96. The molecule has 140 valence electrons. The molecule has 0 unspecified atom stereocenters. The summed E-state index contributed by atoms with van der Waals surface area (Å²) in [4.78, 5) is 11.3. The van der Waals surface area contributed by atoms with Crippen molar-refractivity contribution in [2.24, 2.45) is 5.10 Å². The maximum Gasteiger partial charge on any atom is 0.335 e. The van der Waals surface area contributed by atoms with E-state index in [0.29, 0.717) is 28.2 Å². The quantitative estimate of drug-likeness (QED) is 0.356. The summed E-state index contributed by atoms with van der Waals surface area (Å²) < 4.78 is 0. The third-order valence-electron chi connectivity index (χ3n) is 4.92. The molecule has 0 spiro atoms. The fourth-order valence-corrected chi connectivity index (χ4v) is 3.28. The Morgan fingerprint density at radius 3 is 2.63 bits per heavy atom. The highest BCUT2D eigenvalue weighted by atomic mass is 16.4. The van der Waals surface area contributed by atoms with Crippen LogP contribution in [0.3, 0.4) is 0 Å². The first-order chi connectivity index (χ1) is 12.9. The summed E-state index contributed by atoms with van der Waals surface area (Å²) >= 11 is 0. The number of aryl methyl sites for hydroxylation is 1. The van der Waals surface area contributed by atoms with Crippen LogP contribution >= 0.6 is 0 Å². The predicted molar refractivity (Wildman–Crippen MR) is 107 cm³/mol. The highest BCUT2D eigenvalue weighted by Gasteiger charge is 2.21. The molecule has 4 N–H and O–H groups in total. The molecule has 1 aliphatic rings. The van der Waals surface area contributed by atoms with Crippen molar-refractivity contribution < 1.29 is 15.0 Å². The normalized spacial score (nSPS) is 13.8. The summed E-state index contributed by atoms with van der Waals surface area (Å²) in [6, 6.07) is 8.50. The molecule has 0 atom stereocenters. The van der Waals surface area contributed by atoms with E-state index in [4.69, 9.17) is 5.41 Å². The summed E-state index contributed by atoms with van der Waals surface area (Å²) in [5, 5.41) is 32.1. The molecule has 3 rings (SSSR count). The zero-order valence-electron chi connectivity index (χ0n) is 15.5. The van der Waals surface area contributed by atoms with Crippen LogP contribution in [0.5, 0.6) is 5.75 Å². The van der Waals surface area contributed by atoms with E-state index in [1.807, 2.05) is 6.07 Å². The van der Waals surface area contributed by atoms with Crippen LogP contribution in [0.4, 0.5) is 5.69 Å². The van der Waals surface area contributed by atoms with E-state index in [1.165, 1.54) is 6.07 Å². The number of hydrazone groups is 1. The van der Waals surface area contributed by atoms with E-state index >= 15 is 0 Å². The van der Waals surface area contributed by atoms with E-state index in [9.17, 15) is 15.0 Å². The first-order valence-corrected chi connectivity index (χ1v) is 8.95. The standard InChI is InChI=1S/C21H23N3O3/c1-12(22)13(2)23-24-19-17-9-4-3-6-15(17)11-18(20(19)25)14-7-5-8-16(10-14)21(26)27/h5,7-8,10-11,22,24-25H,3-4,6,9H2,1-2H3,(H,26,27)/b22-12?,23-13+. The number of carboxylic acid groups (broad SMARTS) is 1. The van der Waals surface area contributed by atoms with Crippen LogP contribution < -0.4 is 5.43 Å². The van der Waals surface area contributed by atoms with E-state index < -0.39 is 5.97 Å². The predicted octanol–water partition coefficient (Wildman–Crippen LogP) is 4.46. The van der Waals surface area contributed by atoms with Gasteiger partial charge in [0, 0.05) is 5.56 Å². The topological polar surface area (TPSA) is 106 Å². The Labute approximate surface area is 158 Å². The maximum absolute atomic E-state index is 11.3. The summed E-state index contributed by atoms with van der Waals surface area (Å²) in [5.74, 6) is -0.952. The van der Waals surface area contributed by atoms with Gasteiger partial charge in [-0.25, -0.2) is 4.79 Å². The molecule has 2 aromatic carbocycles. The van der Waals surface area contributed by atoms with Gasteiger partial charge in [0.25, 0.3) is 0 Å². The number of nitrogens with one attached hydrogen (secondary N) is 2. The maximum atomic E-state index is 11.3. The number of anilines is 1. The van der Waals surface area contributed by atoms with Crippen molar-refractivity contribution in [3.63, 3.8) is 0 Å². The van der Waals surface area contributed by atoms with Crippen LogP contribution in [0.2, 0.25) is 0 Å². The Hall–Kier alpha value is -3.15. The second-order valence-corrected chi connectivity index (χ2v) is 6.81. The number of aromatic hydroxyl groups is 1. The number of rotatable bonds is 5. The molecular weight excluding hydrogens is 342 g/mol. The van der Waals surface area contributed by atoms with E-state index in [-0.39, 0.29) is 11.3 Å². The lowest BCUT2D eigenvalue weighted by Gasteiger charge is -2.22. The first kappa shape index (κ1) is 18.6. The Kier molecular flexibility index (Phi) is 5.26. The minimum absolute atomic E-state index is 0.0531. The van der Waals surface area contributed by atoms with Crippen molar-refractivity contribution in [3.05, 3.63) is 47.0 Å².